The van der Waals surface area contributed by atoms with Crippen LogP contribution in [0.15, 0.2) is 23.3 Å². The Labute approximate surface area is 131 Å². The van der Waals surface area contributed by atoms with Crippen LogP contribution in [0.2, 0.25) is 0 Å². The second-order valence-corrected chi connectivity index (χ2v) is 5.87. The zero-order valence-electron chi connectivity index (χ0n) is 12.5. The monoisotopic (exact) mass is 320 g/mol. The molecule has 2 heterocycles. The molecule has 22 heavy (non-hydrogen) atoms. The lowest BCUT2D eigenvalue weighted by Gasteiger charge is -2.03. The first-order valence-electron chi connectivity index (χ1n) is 6.54. The molecular formula is C14H16N4O3S. The number of amides is 1. The topological polar surface area (TPSA) is 96.6 Å². The van der Waals surface area contributed by atoms with Crippen LogP contribution >= 0.6 is 11.3 Å². The van der Waals surface area contributed by atoms with Gasteiger partial charge in [-0.1, -0.05) is 0 Å². The number of nitrogens with zero attached hydrogens (tertiary/aromatic N) is 3. The summed E-state index contributed by atoms with van der Waals surface area (Å²) >= 11 is 1.11. The summed E-state index contributed by atoms with van der Waals surface area (Å²) < 4.78 is 1.60. The second kappa shape index (κ2) is 6.52. The Bertz CT molecular complexity index is 745. The number of aromatic nitrogens is 2. The van der Waals surface area contributed by atoms with Crippen molar-refractivity contribution in [3.8, 4) is 0 Å². The van der Waals surface area contributed by atoms with Gasteiger partial charge in [-0.2, -0.15) is 10.2 Å². The molecule has 0 saturated heterocycles. The van der Waals surface area contributed by atoms with Crippen LogP contribution in [0.25, 0.3) is 0 Å². The van der Waals surface area contributed by atoms with Gasteiger partial charge in [0.1, 0.15) is 11.4 Å². The smallest absolute Gasteiger partial charge is 0.345 e. The summed E-state index contributed by atoms with van der Waals surface area (Å²) in [5, 5.41) is 17.1. The summed E-state index contributed by atoms with van der Waals surface area (Å²) in [7, 11) is 0. The van der Waals surface area contributed by atoms with Crippen LogP contribution in [-0.4, -0.2) is 32.5 Å². The van der Waals surface area contributed by atoms with Crippen LogP contribution in [0.1, 0.15) is 32.9 Å². The second-order valence-electron chi connectivity index (χ2n) is 4.79. The van der Waals surface area contributed by atoms with Gasteiger partial charge >= 0.3 is 5.97 Å². The molecule has 0 atom stereocenters. The number of hydrazone groups is 1. The lowest BCUT2D eigenvalue weighted by atomic mass is 10.3. The highest BCUT2D eigenvalue weighted by atomic mass is 32.1. The van der Waals surface area contributed by atoms with Gasteiger partial charge in [0.05, 0.1) is 16.3 Å². The molecule has 0 saturated carbocycles. The predicted molar refractivity (Wildman–Crippen MR) is 83.3 cm³/mol. The Balaban J connectivity index is 1.99. The van der Waals surface area contributed by atoms with Crippen molar-refractivity contribution in [2.45, 2.75) is 27.3 Å². The van der Waals surface area contributed by atoms with Gasteiger partial charge < -0.3 is 5.11 Å². The van der Waals surface area contributed by atoms with Crippen molar-refractivity contribution < 1.29 is 14.7 Å². The minimum Gasteiger partial charge on any atom is -0.477 e. The first-order chi connectivity index (χ1) is 10.4. The van der Waals surface area contributed by atoms with Gasteiger partial charge in [0.2, 0.25) is 0 Å². The molecule has 0 bridgehead atoms. The van der Waals surface area contributed by atoms with E-state index in [1.165, 1.54) is 6.07 Å². The Kier molecular flexibility index (Phi) is 4.71. The maximum absolute atomic E-state index is 11.9. The van der Waals surface area contributed by atoms with Crippen molar-refractivity contribution in [2.24, 2.45) is 5.10 Å². The third-order valence-electron chi connectivity index (χ3n) is 2.92. The van der Waals surface area contributed by atoms with Crippen molar-refractivity contribution >= 4 is 28.9 Å². The molecule has 0 unspecified atom stereocenters. The van der Waals surface area contributed by atoms with E-state index >= 15 is 0 Å². The number of rotatable bonds is 5. The van der Waals surface area contributed by atoms with Crippen LogP contribution < -0.4 is 5.43 Å². The largest absolute Gasteiger partial charge is 0.477 e. The normalized spacial score (nSPS) is 11.5. The quantitative estimate of drug-likeness (QED) is 0.648. The molecule has 8 heteroatoms. The van der Waals surface area contributed by atoms with Crippen LogP contribution in [0.4, 0.5) is 0 Å². The molecule has 0 fully saturated rings. The zero-order chi connectivity index (χ0) is 16.3. The van der Waals surface area contributed by atoms with Crippen LogP contribution in [0, 0.1) is 13.8 Å². The maximum atomic E-state index is 11.9. The fourth-order valence-electron chi connectivity index (χ4n) is 1.85. The molecule has 0 aromatic carbocycles. The van der Waals surface area contributed by atoms with Crippen molar-refractivity contribution in [1.82, 2.24) is 15.2 Å². The lowest BCUT2D eigenvalue weighted by molar-refractivity contribution is -0.121. The summed E-state index contributed by atoms with van der Waals surface area (Å²) in [4.78, 5) is 23.6. The number of carboxylic acid groups (broad SMARTS) is 1. The van der Waals surface area contributed by atoms with Gasteiger partial charge in [-0.3, -0.25) is 9.48 Å². The van der Waals surface area contributed by atoms with E-state index in [2.05, 4.69) is 15.6 Å². The van der Waals surface area contributed by atoms with E-state index in [1.807, 2.05) is 19.9 Å². The SMILES string of the molecule is C/C(=N/NC(=O)Cn1nc(C)cc1C)c1ccc(C(=O)O)s1. The average molecular weight is 320 g/mol. The van der Waals surface area contributed by atoms with Crippen LogP contribution in [0.3, 0.4) is 0 Å². The number of aryl methyl sites for hydroxylation is 2. The number of hydrogen-bond acceptors (Lipinski definition) is 5. The standard InChI is InChI=1S/C14H16N4O3S/c1-8-6-9(2)18(17-8)7-13(19)16-15-10(3)11-4-5-12(22-11)14(20)21/h4-6H,7H2,1-3H3,(H,16,19)(H,20,21)/b15-10-. The van der Waals surface area contributed by atoms with E-state index in [4.69, 9.17) is 5.11 Å². The number of aromatic carboxylic acids is 1. The molecule has 116 valence electrons. The fraction of sp³-hybridized carbons (Fsp3) is 0.286. The number of thiophene rings is 1. The van der Waals surface area contributed by atoms with Crippen molar-refractivity contribution in [1.29, 1.82) is 0 Å². The summed E-state index contributed by atoms with van der Waals surface area (Å²) in [6, 6.07) is 5.07. The molecule has 0 radical (unpaired) electrons. The Morgan fingerprint density at radius 3 is 2.59 bits per heavy atom. The summed E-state index contributed by atoms with van der Waals surface area (Å²) in [6.07, 6.45) is 0. The first kappa shape index (κ1) is 15.9. The fourth-order valence-corrected chi connectivity index (χ4v) is 2.64. The van der Waals surface area contributed by atoms with E-state index in [1.54, 1.807) is 17.7 Å². The maximum Gasteiger partial charge on any atom is 0.345 e. The van der Waals surface area contributed by atoms with Gasteiger partial charge in [0.25, 0.3) is 5.91 Å². The highest BCUT2D eigenvalue weighted by molar-refractivity contribution is 7.15. The Hall–Kier alpha value is -2.48. The number of hydrogen-bond donors (Lipinski definition) is 2. The van der Waals surface area contributed by atoms with Gasteiger partial charge in [-0.05, 0) is 39.0 Å². The average Bonchev–Trinajstić information content (AvgIpc) is 3.04. The molecule has 2 N–H and O–H groups in total. The lowest BCUT2D eigenvalue weighted by Crippen LogP contribution is -2.25. The van der Waals surface area contributed by atoms with E-state index in [9.17, 15) is 9.59 Å². The number of carboxylic acids is 1. The Morgan fingerprint density at radius 2 is 2.05 bits per heavy atom. The molecule has 0 aliphatic carbocycles. The van der Waals surface area contributed by atoms with E-state index < -0.39 is 5.97 Å². The first-order valence-corrected chi connectivity index (χ1v) is 7.36. The molecule has 0 aliphatic rings. The van der Waals surface area contributed by atoms with Crippen molar-refractivity contribution in [3.05, 3.63) is 39.3 Å². The van der Waals surface area contributed by atoms with Crippen molar-refractivity contribution in [2.75, 3.05) is 0 Å². The Morgan fingerprint density at radius 1 is 1.36 bits per heavy atom. The van der Waals surface area contributed by atoms with E-state index in [-0.39, 0.29) is 17.3 Å². The third kappa shape index (κ3) is 3.79. The number of carbonyl (C=O) groups excluding carboxylic acids is 1. The summed E-state index contributed by atoms with van der Waals surface area (Å²) in [5.41, 5.74) is 4.76. The minimum absolute atomic E-state index is 0.0846. The molecular weight excluding hydrogens is 304 g/mol. The highest BCUT2D eigenvalue weighted by Crippen LogP contribution is 2.17. The van der Waals surface area contributed by atoms with E-state index in [0.29, 0.717) is 10.6 Å². The van der Waals surface area contributed by atoms with Crippen LogP contribution in [-0.2, 0) is 11.3 Å². The molecule has 2 aromatic rings. The predicted octanol–water partition coefficient (Wildman–Crippen LogP) is 1.80. The van der Waals surface area contributed by atoms with Gasteiger partial charge in [-0.25, -0.2) is 10.2 Å². The van der Waals surface area contributed by atoms with Crippen LogP contribution in [0.5, 0.6) is 0 Å². The van der Waals surface area contributed by atoms with Gasteiger partial charge in [0.15, 0.2) is 0 Å². The molecule has 1 amide bonds. The number of carbonyl (C=O) groups is 2. The molecule has 0 aliphatic heterocycles. The molecule has 2 aromatic heterocycles. The van der Waals surface area contributed by atoms with Crippen molar-refractivity contribution in [3.63, 3.8) is 0 Å². The highest BCUT2D eigenvalue weighted by Gasteiger charge is 2.10. The molecule has 0 spiro atoms. The third-order valence-corrected chi connectivity index (χ3v) is 4.10. The number of nitrogens with one attached hydrogen (secondary N) is 1. The van der Waals surface area contributed by atoms with E-state index in [0.717, 1.165) is 22.7 Å². The minimum atomic E-state index is -0.974. The molecule has 2 rings (SSSR count). The van der Waals surface area contributed by atoms with Gasteiger partial charge in [-0.15, -0.1) is 11.3 Å². The summed E-state index contributed by atoms with van der Waals surface area (Å²) in [6.45, 7) is 5.53. The molecule has 7 nitrogen and oxygen atoms in total. The summed E-state index contributed by atoms with van der Waals surface area (Å²) in [5.74, 6) is -1.27. The van der Waals surface area contributed by atoms with Gasteiger partial charge in [0, 0.05) is 5.69 Å². The zero-order valence-corrected chi connectivity index (χ0v) is 13.3.